The number of halogens is 1. The minimum absolute atomic E-state index is 0.150. The number of hydrogen-bond donors (Lipinski definition) is 2. The molecule has 3 rings (SSSR count). The minimum atomic E-state index is -0.674. The molecule has 1 saturated heterocycles. The third-order valence-electron chi connectivity index (χ3n) is 5.70. The van der Waals surface area contributed by atoms with Crippen LogP contribution in [0.1, 0.15) is 29.5 Å². The molecule has 2 aromatic carbocycles. The molecule has 0 unspecified atom stereocenters. The molecule has 0 saturated carbocycles. The highest BCUT2D eigenvalue weighted by Gasteiger charge is 2.37. The van der Waals surface area contributed by atoms with Gasteiger partial charge in [-0.3, -0.25) is 20.2 Å². The fraction of sp³-hybridized carbons (Fsp3) is 0.400. The van der Waals surface area contributed by atoms with Crippen LogP contribution in [0.25, 0.3) is 0 Å². The summed E-state index contributed by atoms with van der Waals surface area (Å²) in [7, 11) is 0. The first-order valence-corrected chi connectivity index (χ1v) is 9.80. The van der Waals surface area contributed by atoms with Crippen molar-refractivity contribution < 1.29 is 19.7 Å². The predicted molar refractivity (Wildman–Crippen MR) is 112 cm³/mol. The number of rotatable bonds is 7. The van der Waals surface area contributed by atoms with Gasteiger partial charge in [0, 0.05) is 41.8 Å². The highest BCUT2D eigenvalue weighted by molar-refractivity contribution is 6.30. The van der Waals surface area contributed by atoms with Crippen LogP contribution in [0.2, 0.25) is 5.02 Å². The van der Waals surface area contributed by atoms with E-state index in [9.17, 15) is 25.3 Å². The van der Waals surface area contributed by atoms with Gasteiger partial charge in [-0.25, -0.2) is 0 Å². The van der Waals surface area contributed by atoms with E-state index in [1.807, 2.05) is 12.1 Å². The Balaban J connectivity index is 2.05. The molecule has 1 aliphatic heterocycles. The zero-order chi connectivity index (χ0) is 21.9. The van der Waals surface area contributed by atoms with Crippen molar-refractivity contribution in [2.45, 2.75) is 31.8 Å². The maximum Gasteiger partial charge on any atom is 0.302 e. The number of anilines is 1. The van der Waals surface area contributed by atoms with Crippen molar-refractivity contribution in [3.63, 3.8) is 0 Å². The first kappa shape index (κ1) is 21.9. The molecule has 0 spiro atoms. The molecular weight excluding hydrogens is 414 g/mol. The monoisotopic (exact) mass is 435 g/mol. The van der Waals surface area contributed by atoms with Crippen molar-refractivity contribution in [1.82, 2.24) is 0 Å². The fourth-order valence-electron chi connectivity index (χ4n) is 3.91. The molecule has 10 heteroatoms. The Morgan fingerprint density at radius 2 is 1.80 bits per heavy atom. The largest absolute Gasteiger partial charge is 0.392 e. The van der Waals surface area contributed by atoms with Crippen molar-refractivity contribution in [3.05, 3.63) is 72.3 Å². The van der Waals surface area contributed by atoms with E-state index in [0.717, 1.165) is 5.56 Å². The summed E-state index contributed by atoms with van der Waals surface area (Å²) in [5, 5.41) is 36.5. The van der Waals surface area contributed by atoms with Crippen LogP contribution >= 0.6 is 11.6 Å². The molecule has 1 heterocycles. The van der Waals surface area contributed by atoms with Crippen molar-refractivity contribution in [2.75, 3.05) is 25.1 Å². The number of benzene rings is 2. The summed E-state index contributed by atoms with van der Waals surface area (Å²) in [6.45, 7) is 2.22. The van der Waals surface area contributed by atoms with Gasteiger partial charge in [0.2, 0.25) is 0 Å². The standard InChI is InChI=1S/C20H22ClN3O6/c1-13-14(11-25)10-17(23(26)27)18(19(13)24(28)29)22-12-20(6-8-30-9-7-20)15-2-4-16(21)5-3-15/h2-5,10,22,25H,6-9,11-12H2,1H3. The summed E-state index contributed by atoms with van der Waals surface area (Å²) in [5.74, 6) is 0. The van der Waals surface area contributed by atoms with Gasteiger partial charge < -0.3 is 15.2 Å². The number of nitro benzene ring substituents is 2. The maximum atomic E-state index is 11.8. The second kappa shape index (κ2) is 8.95. The van der Waals surface area contributed by atoms with Gasteiger partial charge in [0.05, 0.1) is 16.5 Å². The Labute approximate surface area is 177 Å². The second-order valence-corrected chi connectivity index (χ2v) is 7.77. The lowest BCUT2D eigenvalue weighted by atomic mass is 9.74. The van der Waals surface area contributed by atoms with Gasteiger partial charge in [-0.2, -0.15) is 0 Å². The molecule has 0 amide bonds. The summed E-state index contributed by atoms with van der Waals surface area (Å²) in [4.78, 5) is 22.1. The van der Waals surface area contributed by atoms with Crippen LogP contribution in [0.4, 0.5) is 17.1 Å². The van der Waals surface area contributed by atoms with Crippen LogP contribution in [0.3, 0.4) is 0 Å². The normalized spacial score (nSPS) is 15.6. The van der Waals surface area contributed by atoms with Crippen LogP contribution < -0.4 is 5.32 Å². The van der Waals surface area contributed by atoms with E-state index in [4.69, 9.17) is 16.3 Å². The Bertz CT molecular complexity index is 958. The summed E-state index contributed by atoms with van der Waals surface area (Å²) in [6.07, 6.45) is 1.30. The van der Waals surface area contributed by atoms with Crippen LogP contribution in [0.15, 0.2) is 30.3 Å². The van der Waals surface area contributed by atoms with Crippen molar-refractivity contribution in [3.8, 4) is 0 Å². The van der Waals surface area contributed by atoms with Crippen LogP contribution in [-0.4, -0.2) is 34.7 Å². The Morgan fingerprint density at radius 3 is 2.33 bits per heavy atom. The number of aliphatic hydroxyl groups is 1. The molecule has 0 aromatic heterocycles. The zero-order valence-corrected chi connectivity index (χ0v) is 17.1. The predicted octanol–water partition coefficient (Wildman–Crippen LogP) is 4.12. The number of hydrogen-bond acceptors (Lipinski definition) is 7. The first-order valence-electron chi connectivity index (χ1n) is 9.43. The van der Waals surface area contributed by atoms with E-state index >= 15 is 0 Å². The van der Waals surface area contributed by atoms with Gasteiger partial charge in [-0.15, -0.1) is 0 Å². The maximum absolute atomic E-state index is 11.8. The number of nitrogens with zero attached hydrogens (tertiary/aromatic N) is 2. The van der Waals surface area contributed by atoms with Crippen LogP contribution in [0.5, 0.6) is 0 Å². The van der Waals surface area contributed by atoms with Gasteiger partial charge in [0.25, 0.3) is 5.69 Å². The smallest absolute Gasteiger partial charge is 0.302 e. The highest BCUT2D eigenvalue weighted by Crippen LogP contribution is 2.42. The van der Waals surface area contributed by atoms with E-state index in [0.29, 0.717) is 31.1 Å². The van der Waals surface area contributed by atoms with Crippen molar-refractivity contribution in [2.24, 2.45) is 0 Å². The minimum Gasteiger partial charge on any atom is -0.392 e. The molecule has 9 nitrogen and oxygen atoms in total. The number of nitro groups is 2. The average Bonchev–Trinajstić information content (AvgIpc) is 2.72. The molecule has 160 valence electrons. The zero-order valence-electron chi connectivity index (χ0n) is 16.4. The number of nitrogens with one attached hydrogen (secondary N) is 1. The SMILES string of the molecule is Cc1c(CO)cc([N+](=O)[O-])c(NCC2(c3ccc(Cl)cc3)CCOCC2)c1[N+](=O)[O-]. The number of aliphatic hydroxyl groups excluding tert-OH is 1. The molecule has 2 aromatic rings. The first-order chi connectivity index (χ1) is 14.3. The van der Waals surface area contributed by atoms with E-state index in [2.05, 4.69) is 5.32 Å². The number of ether oxygens (including phenoxy) is 1. The van der Waals surface area contributed by atoms with E-state index in [1.54, 1.807) is 12.1 Å². The molecule has 1 fully saturated rings. The third-order valence-corrected chi connectivity index (χ3v) is 5.95. The fourth-order valence-corrected chi connectivity index (χ4v) is 4.03. The summed E-state index contributed by atoms with van der Waals surface area (Å²) in [5.41, 5.74) is -0.0771. The van der Waals surface area contributed by atoms with Gasteiger partial charge in [-0.05, 0) is 43.0 Å². The Hall–Kier alpha value is -2.75. The van der Waals surface area contributed by atoms with Gasteiger partial charge in [0.15, 0.2) is 5.69 Å². The summed E-state index contributed by atoms with van der Waals surface area (Å²) in [6, 6.07) is 8.54. The van der Waals surface area contributed by atoms with Crippen molar-refractivity contribution in [1.29, 1.82) is 0 Å². The Kier molecular flexibility index (Phi) is 6.55. The lowest BCUT2D eigenvalue weighted by Crippen LogP contribution is -2.40. The van der Waals surface area contributed by atoms with Gasteiger partial charge in [0.1, 0.15) is 0 Å². The quantitative estimate of drug-likeness (QED) is 0.494. The molecule has 0 bridgehead atoms. The van der Waals surface area contributed by atoms with Crippen LogP contribution in [0, 0.1) is 27.2 Å². The van der Waals surface area contributed by atoms with Crippen molar-refractivity contribution >= 4 is 28.7 Å². The lowest BCUT2D eigenvalue weighted by molar-refractivity contribution is -0.392. The molecule has 2 N–H and O–H groups in total. The lowest BCUT2D eigenvalue weighted by Gasteiger charge is -2.38. The second-order valence-electron chi connectivity index (χ2n) is 7.33. The topological polar surface area (TPSA) is 128 Å². The average molecular weight is 436 g/mol. The van der Waals surface area contributed by atoms with E-state index in [-0.39, 0.29) is 23.4 Å². The molecule has 0 radical (unpaired) electrons. The summed E-state index contributed by atoms with van der Waals surface area (Å²) < 4.78 is 5.50. The molecular formula is C20H22ClN3O6. The third kappa shape index (κ3) is 4.23. The molecule has 0 atom stereocenters. The Morgan fingerprint density at radius 1 is 1.17 bits per heavy atom. The molecule has 0 aliphatic carbocycles. The van der Waals surface area contributed by atoms with Crippen LogP contribution in [-0.2, 0) is 16.8 Å². The molecule has 1 aliphatic rings. The van der Waals surface area contributed by atoms with E-state index < -0.39 is 33.2 Å². The highest BCUT2D eigenvalue weighted by atomic mass is 35.5. The van der Waals surface area contributed by atoms with E-state index in [1.165, 1.54) is 13.0 Å². The summed E-state index contributed by atoms with van der Waals surface area (Å²) >= 11 is 6.02. The van der Waals surface area contributed by atoms with Gasteiger partial charge >= 0.3 is 5.69 Å². The van der Waals surface area contributed by atoms with Gasteiger partial charge in [-0.1, -0.05) is 23.7 Å². The molecule has 30 heavy (non-hydrogen) atoms.